The Labute approximate surface area is 199 Å². The van der Waals surface area contributed by atoms with E-state index in [-0.39, 0.29) is 12.0 Å². The van der Waals surface area contributed by atoms with E-state index in [0.717, 1.165) is 24.8 Å². The van der Waals surface area contributed by atoms with Gasteiger partial charge in [-0.3, -0.25) is 0 Å². The first-order chi connectivity index (χ1) is 17.1. The molecule has 176 valence electrons. The van der Waals surface area contributed by atoms with E-state index in [1.54, 1.807) is 10.9 Å². The summed E-state index contributed by atoms with van der Waals surface area (Å²) in [5, 5.41) is 0.690. The Kier molecular flexibility index (Phi) is 5.29. The van der Waals surface area contributed by atoms with Crippen LogP contribution in [0.5, 0.6) is 0 Å². The molecule has 0 N–H and O–H groups in total. The summed E-state index contributed by atoms with van der Waals surface area (Å²) in [6.07, 6.45) is 4.60. The first-order valence-electron chi connectivity index (χ1n) is 11.2. The number of rotatable bonds is 4. The van der Waals surface area contributed by atoms with Crippen LogP contribution in [0.4, 0.5) is 14.5 Å². The largest absolute Gasteiger partial charge is 0.378 e. The normalized spacial score (nSPS) is 14.2. The van der Waals surface area contributed by atoms with Gasteiger partial charge >= 0.3 is 0 Å². The minimum Gasteiger partial charge on any atom is -0.378 e. The molecule has 5 aromatic rings. The van der Waals surface area contributed by atoms with Gasteiger partial charge in [-0.25, -0.2) is 33.7 Å². The summed E-state index contributed by atoms with van der Waals surface area (Å²) in [5.74, 6) is -1.34. The van der Waals surface area contributed by atoms with Crippen molar-refractivity contribution in [3.63, 3.8) is 0 Å². The number of aromatic nitrogens is 6. The van der Waals surface area contributed by atoms with Crippen molar-refractivity contribution < 1.29 is 13.5 Å². The van der Waals surface area contributed by atoms with Gasteiger partial charge in [0.1, 0.15) is 29.8 Å². The Balaban J connectivity index is 1.41. The van der Waals surface area contributed by atoms with Crippen LogP contribution in [-0.4, -0.2) is 55.8 Å². The number of ether oxygens (including phenoxy) is 1. The SMILES string of the molecule is Cn1cnc2c(Cc3cc(-c4ncnc5cc(N6CCOCC6)ccc45)c(F)cc3F)ncnc21. The lowest BCUT2D eigenvalue weighted by Crippen LogP contribution is -2.36. The maximum Gasteiger partial charge on any atom is 0.163 e. The molecule has 0 amide bonds. The first kappa shape index (κ1) is 21.5. The zero-order valence-electron chi connectivity index (χ0n) is 18.9. The molecular weight excluding hydrogens is 452 g/mol. The van der Waals surface area contributed by atoms with Gasteiger partial charge in [-0.15, -0.1) is 0 Å². The van der Waals surface area contributed by atoms with Crippen molar-refractivity contribution in [2.45, 2.75) is 6.42 Å². The molecule has 2 aromatic carbocycles. The quantitative estimate of drug-likeness (QED) is 0.394. The number of morpholine rings is 1. The van der Waals surface area contributed by atoms with E-state index in [0.29, 0.717) is 52.2 Å². The van der Waals surface area contributed by atoms with Crippen LogP contribution in [0.15, 0.2) is 49.3 Å². The smallest absolute Gasteiger partial charge is 0.163 e. The second kappa shape index (κ2) is 8.62. The van der Waals surface area contributed by atoms with Gasteiger partial charge in [-0.05, 0) is 29.8 Å². The zero-order chi connectivity index (χ0) is 23.9. The summed E-state index contributed by atoms with van der Waals surface area (Å²) < 4.78 is 37.1. The number of aryl methyl sites for hydroxylation is 1. The third-order valence-electron chi connectivity index (χ3n) is 6.32. The summed E-state index contributed by atoms with van der Waals surface area (Å²) in [4.78, 5) is 23.9. The average Bonchev–Trinajstić information content (AvgIpc) is 3.27. The molecule has 10 heteroatoms. The highest BCUT2D eigenvalue weighted by atomic mass is 19.1. The lowest BCUT2D eigenvalue weighted by molar-refractivity contribution is 0.122. The highest BCUT2D eigenvalue weighted by molar-refractivity contribution is 5.94. The summed E-state index contributed by atoms with van der Waals surface area (Å²) in [5.41, 5.74) is 4.42. The maximum absolute atomic E-state index is 15.0. The molecule has 0 aliphatic carbocycles. The Bertz CT molecular complexity index is 1560. The van der Waals surface area contributed by atoms with Crippen LogP contribution in [0.25, 0.3) is 33.3 Å². The molecule has 0 unspecified atom stereocenters. The molecule has 35 heavy (non-hydrogen) atoms. The summed E-state index contributed by atoms with van der Waals surface area (Å²) >= 11 is 0. The Morgan fingerprint density at radius 1 is 0.914 bits per heavy atom. The Hall–Kier alpha value is -4.05. The van der Waals surface area contributed by atoms with Crippen LogP contribution in [0.2, 0.25) is 0 Å². The van der Waals surface area contributed by atoms with E-state index >= 15 is 4.39 Å². The fourth-order valence-electron chi connectivity index (χ4n) is 4.49. The predicted octanol–water partition coefficient (Wildman–Crippen LogP) is 3.68. The highest BCUT2D eigenvalue weighted by Gasteiger charge is 2.19. The van der Waals surface area contributed by atoms with Crippen molar-refractivity contribution in [3.05, 3.63) is 72.2 Å². The van der Waals surface area contributed by atoms with Crippen molar-refractivity contribution in [1.29, 1.82) is 0 Å². The van der Waals surface area contributed by atoms with Crippen LogP contribution >= 0.6 is 0 Å². The van der Waals surface area contributed by atoms with Gasteiger partial charge < -0.3 is 14.2 Å². The monoisotopic (exact) mass is 473 g/mol. The number of halogens is 2. The van der Waals surface area contributed by atoms with Crippen LogP contribution < -0.4 is 4.90 Å². The molecule has 1 aliphatic heterocycles. The third-order valence-corrected chi connectivity index (χ3v) is 6.32. The number of nitrogens with zero attached hydrogens (tertiary/aromatic N) is 7. The summed E-state index contributed by atoms with van der Waals surface area (Å²) in [6, 6.07) is 8.23. The van der Waals surface area contributed by atoms with Gasteiger partial charge in [0.2, 0.25) is 0 Å². The highest BCUT2D eigenvalue weighted by Crippen LogP contribution is 2.32. The van der Waals surface area contributed by atoms with Crippen LogP contribution in [-0.2, 0) is 18.2 Å². The molecule has 6 rings (SSSR count). The van der Waals surface area contributed by atoms with E-state index in [9.17, 15) is 4.39 Å². The van der Waals surface area contributed by atoms with Crippen molar-refractivity contribution in [1.82, 2.24) is 29.5 Å². The molecule has 0 atom stereocenters. The molecule has 1 fully saturated rings. The maximum atomic E-state index is 15.0. The number of hydrogen-bond donors (Lipinski definition) is 0. The van der Waals surface area contributed by atoms with Crippen molar-refractivity contribution >= 4 is 27.8 Å². The third kappa shape index (κ3) is 3.85. The average molecular weight is 473 g/mol. The number of hydrogen-bond acceptors (Lipinski definition) is 7. The second-order valence-electron chi connectivity index (χ2n) is 8.47. The lowest BCUT2D eigenvalue weighted by Gasteiger charge is -2.29. The molecule has 0 saturated carbocycles. The number of anilines is 1. The predicted molar refractivity (Wildman–Crippen MR) is 127 cm³/mol. The van der Waals surface area contributed by atoms with Crippen LogP contribution in [0, 0.1) is 11.6 Å². The van der Waals surface area contributed by atoms with Crippen LogP contribution in [0.1, 0.15) is 11.3 Å². The number of fused-ring (bicyclic) bond motifs is 2. The number of imidazole rings is 1. The van der Waals surface area contributed by atoms with Crippen molar-refractivity contribution in [3.8, 4) is 11.3 Å². The fourth-order valence-corrected chi connectivity index (χ4v) is 4.49. The molecule has 1 aliphatic rings. The van der Waals surface area contributed by atoms with Gasteiger partial charge in [0.05, 0.1) is 36.4 Å². The van der Waals surface area contributed by atoms with Gasteiger partial charge in [0.25, 0.3) is 0 Å². The molecule has 4 heterocycles. The molecule has 0 spiro atoms. The summed E-state index contributed by atoms with van der Waals surface area (Å²) in [6.45, 7) is 2.94. The van der Waals surface area contributed by atoms with Gasteiger partial charge in [-0.1, -0.05) is 0 Å². The number of benzene rings is 2. The molecule has 0 radical (unpaired) electrons. The van der Waals surface area contributed by atoms with E-state index in [4.69, 9.17) is 4.74 Å². The molecular formula is C25H21F2N7O. The van der Waals surface area contributed by atoms with E-state index in [1.165, 1.54) is 18.7 Å². The Morgan fingerprint density at radius 2 is 1.74 bits per heavy atom. The first-order valence-corrected chi connectivity index (χ1v) is 11.2. The molecule has 3 aromatic heterocycles. The van der Waals surface area contributed by atoms with Gasteiger partial charge in [0, 0.05) is 49.3 Å². The molecule has 0 bridgehead atoms. The van der Waals surface area contributed by atoms with Crippen molar-refractivity contribution in [2.24, 2.45) is 7.05 Å². The van der Waals surface area contributed by atoms with Crippen molar-refractivity contribution in [2.75, 3.05) is 31.2 Å². The van der Waals surface area contributed by atoms with Gasteiger partial charge in [-0.2, -0.15) is 0 Å². The van der Waals surface area contributed by atoms with E-state index in [1.807, 2.05) is 25.2 Å². The van der Waals surface area contributed by atoms with E-state index in [2.05, 4.69) is 29.8 Å². The van der Waals surface area contributed by atoms with Crippen LogP contribution in [0.3, 0.4) is 0 Å². The summed E-state index contributed by atoms with van der Waals surface area (Å²) in [7, 11) is 1.83. The van der Waals surface area contributed by atoms with E-state index < -0.39 is 11.6 Å². The molecule has 1 saturated heterocycles. The lowest BCUT2D eigenvalue weighted by atomic mass is 10.00. The topological polar surface area (TPSA) is 81.9 Å². The molecule has 8 nitrogen and oxygen atoms in total. The zero-order valence-corrected chi connectivity index (χ0v) is 18.9. The Morgan fingerprint density at radius 3 is 2.60 bits per heavy atom. The second-order valence-corrected chi connectivity index (χ2v) is 8.47. The minimum atomic E-state index is -0.686. The minimum absolute atomic E-state index is 0.138. The standard InChI is InChI=1S/C25H21F2N7O/c1-33-14-32-24-22(29-13-31-25(24)33)9-15-8-18(20(27)11-19(15)26)23-17-3-2-16(10-21(17)28-12-30-23)34-4-6-35-7-5-34/h2-3,8,10-14H,4-7,9H2,1H3. The fraction of sp³-hybridized carbons (Fsp3) is 0.240. The van der Waals surface area contributed by atoms with Gasteiger partial charge in [0.15, 0.2) is 5.65 Å².